The van der Waals surface area contributed by atoms with Gasteiger partial charge in [0.05, 0.1) is 16.7 Å². The zero-order valence-corrected chi connectivity index (χ0v) is 18.2. The first-order valence-electron chi connectivity index (χ1n) is 10.6. The molecule has 6 nitrogen and oxygen atoms in total. The van der Waals surface area contributed by atoms with Crippen molar-refractivity contribution < 1.29 is 9.53 Å². The highest BCUT2D eigenvalue weighted by Crippen LogP contribution is 2.24. The van der Waals surface area contributed by atoms with E-state index >= 15 is 0 Å². The van der Waals surface area contributed by atoms with E-state index in [0.717, 1.165) is 12.8 Å². The number of para-hydroxylation sites is 1. The molecule has 2 atom stereocenters. The fourth-order valence-corrected chi connectivity index (χ4v) is 4.67. The predicted octanol–water partition coefficient (Wildman–Crippen LogP) is 3.61. The normalized spacial score (nSPS) is 19.4. The Morgan fingerprint density at radius 1 is 1.31 bits per heavy atom. The van der Waals surface area contributed by atoms with Crippen molar-refractivity contribution in [2.75, 3.05) is 19.0 Å². The molecular weight excluding hydrogens is 386 g/mol. The molecule has 2 aromatic rings. The van der Waals surface area contributed by atoms with E-state index in [1.54, 1.807) is 10.6 Å². The number of fused-ring (bicyclic) bond motifs is 1. The van der Waals surface area contributed by atoms with Gasteiger partial charge in [-0.2, -0.15) is 0 Å². The van der Waals surface area contributed by atoms with Crippen molar-refractivity contribution >= 4 is 28.6 Å². The Morgan fingerprint density at radius 3 is 2.90 bits per heavy atom. The standard InChI is InChI=1S/C22H31N3O3S/c1-3-28-14-8-13-25-21(27)17-10-5-7-12-19(17)24-22(25)29-15-20(26)23-18-11-6-4-9-16(18)2/h5,7,10,12,16,18H,3-4,6,8-9,11,13-15H2,1-2H3,(H,23,26)/t16-,18+/m1/s1. The highest BCUT2D eigenvalue weighted by atomic mass is 32.2. The molecule has 0 radical (unpaired) electrons. The molecule has 3 rings (SSSR count). The lowest BCUT2D eigenvalue weighted by atomic mass is 9.86. The van der Waals surface area contributed by atoms with Crippen molar-refractivity contribution in [2.45, 2.75) is 63.7 Å². The number of aromatic nitrogens is 2. The van der Waals surface area contributed by atoms with Crippen molar-refractivity contribution in [3.05, 3.63) is 34.6 Å². The number of amides is 1. The fourth-order valence-electron chi connectivity index (χ4n) is 3.83. The summed E-state index contributed by atoms with van der Waals surface area (Å²) in [7, 11) is 0. The summed E-state index contributed by atoms with van der Waals surface area (Å²) in [6.45, 7) is 5.95. The number of nitrogens with one attached hydrogen (secondary N) is 1. The summed E-state index contributed by atoms with van der Waals surface area (Å²) in [5, 5.41) is 4.37. The number of hydrogen-bond donors (Lipinski definition) is 1. The minimum absolute atomic E-state index is 0.0111. The van der Waals surface area contributed by atoms with Crippen LogP contribution in [0.15, 0.2) is 34.2 Å². The maximum absolute atomic E-state index is 13.0. The number of hydrogen-bond acceptors (Lipinski definition) is 5. The summed E-state index contributed by atoms with van der Waals surface area (Å²) < 4.78 is 7.09. The number of thioether (sulfide) groups is 1. The van der Waals surface area contributed by atoms with Gasteiger partial charge in [-0.3, -0.25) is 14.2 Å². The lowest BCUT2D eigenvalue weighted by Crippen LogP contribution is -2.42. The second-order valence-corrected chi connectivity index (χ2v) is 8.59. The average molecular weight is 418 g/mol. The Bertz CT molecular complexity index is 883. The van der Waals surface area contributed by atoms with Gasteiger partial charge in [0.2, 0.25) is 5.91 Å². The monoisotopic (exact) mass is 417 g/mol. The van der Waals surface area contributed by atoms with Crippen LogP contribution in [0, 0.1) is 5.92 Å². The molecule has 0 unspecified atom stereocenters. The van der Waals surface area contributed by atoms with E-state index in [9.17, 15) is 9.59 Å². The molecule has 1 fully saturated rings. The Balaban J connectivity index is 1.72. The van der Waals surface area contributed by atoms with Crippen LogP contribution in [0.25, 0.3) is 10.9 Å². The first kappa shape index (κ1) is 21.8. The number of carbonyl (C=O) groups is 1. The molecule has 1 amide bonds. The lowest BCUT2D eigenvalue weighted by Gasteiger charge is -2.29. The molecule has 1 heterocycles. The largest absolute Gasteiger partial charge is 0.382 e. The van der Waals surface area contributed by atoms with Crippen molar-refractivity contribution in [3.8, 4) is 0 Å². The van der Waals surface area contributed by atoms with Crippen LogP contribution in [0.3, 0.4) is 0 Å². The highest BCUT2D eigenvalue weighted by Gasteiger charge is 2.23. The SMILES string of the molecule is CCOCCCn1c(SCC(=O)N[C@H]2CCCC[C@H]2C)nc2ccccc2c1=O. The summed E-state index contributed by atoms with van der Waals surface area (Å²) in [6, 6.07) is 7.63. The van der Waals surface area contributed by atoms with Gasteiger partial charge in [-0.1, -0.05) is 43.7 Å². The Labute approximate surface area is 176 Å². The van der Waals surface area contributed by atoms with Crippen molar-refractivity contribution in [2.24, 2.45) is 5.92 Å². The minimum atomic E-state index is -0.0593. The molecule has 0 saturated heterocycles. The maximum Gasteiger partial charge on any atom is 0.262 e. The fraction of sp³-hybridized carbons (Fsp3) is 0.591. The third-order valence-corrected chi connectivity index (χ3v) is 6.47. The molecule has 0 bridgehead atoms. The second-order valence-electron chi connectivity index (χ2n) is 7.64. The minimum Gasteiger partial charge on any atom is -0.382 e. The van der Waals surface area contributed by atoms with E-state index in [1.165, 1.54) is 31.0 Å². The molecule has 0 aliphatic heterocycles. The van der Waals surface area contributed by atoms with E-state index in [1.807, 2.05) is 25.1 Å². The van der Waals surface area contributed by atoms with Gasteiger partial charge in [0, 0.05) is 25.8 Å². The highest BCUT2D eigenvalue weighted by molar-refractivity contribution is 7.99. The molecular formula is C22H31N3O3S. The predicted molar refractivity (Wildman–Crippen MR) is 117 cm³/mol. The van der Waals surface area contributed by atoms with Crippen LogP contribution in [0.4, 0.5) is 0 Å². The number of ether oxygens (including phenoxy) is 1. The van der Waals surface area contributed by atoms with E-state index in [-0.39, 0.29) is 23.3 Å². The van der Waals surface area contributed by atoms with Crippen molar-refractivity contribution in [1.82, 2.24) is 14.9 Å². The van der Waals surface area contributed by atoms with Crippen LogP contribution >= 0.6 is 11.8 Å². The van der Waals surface area contributed by atoms with Gasteiger partial charge in [-0.15, -0.1) is 0 Å². The van der Waals surface area contributed by atoms with Crippen molar-refractivity contribution in [1.29, 1.82) is 0 Å². The average Bonchev–Trinajstić information content (AvgIpc) is 2.73. The summed E-state index contributed by atoms with van der Waals surface area (Å²) >= 11 is 1.34. The van der Waals surface area contributed by atoms with Crippen LogP contribution in [0.1, 0.15) is 46.0 Å². The number of carbonyl (C=O) groups excluding carboxylic acids is 1. The molecule has 1 aliphatic rings. The van der Waals surface area contributed by atoms with Gasteiger partial charge in [-0.05, 0) is 44.2 Å². The number of nitrogens with zero attached hydrogens (tertiary/aromatic N) is 2. The van der Waals surface area contributed by atoms with Crippen LogP contribution in [0.2, 0.25) is 0 Å². The molecule has 158 valence electrons. The summed E-state index contributed by atoms with van der Waals surface area (Å²) in [5.41, 5.74) is 0.610. The summed E-state index contributed by atoms with van der Waals surface area (Å²) in [4.78, 5) is 30.2. The van der Waals surface area contributed by atoms with Crippen LogP contribution in [-0.4, -0.2) is 40.5 Å². The molecule has 0 spiro atoms. The zero-order valence-electron chi connectivity index (χ0n) is 17.4. The Morgan fingerprint density at radius 2 is 2.10 bits per heavy atom. The third-order valence-electron chi connectivity index (χ3n) is 5.49. The molecule has 1 aliphatic carbocycles. The van der Waals surface area contributed by atoms with E-state index in [4.69, 9.17) is 4.74 Å². The smallest absolute Gasteiger partial charge is 0.262 e. The number of rotatable bonds is 9. The maximum atomic E-state index is 13.0. The van der Waals surface area contributed by atoms with Crippen LogP contribution in [-0.2, 0) is 16.1 Å². The van der Waals surface area contributed by atoms with Gasteiger partial charge in [-0.25, -0.2) is 4.98 Å². The van der Waals surface area contributed by atoms with Gasteiger partial charge in [0.1, 0.15) is 0 Å². The van der Waals surface area contributed by atoms with Gasteiger partial charge in [0.25, 0.3) is 5.56 Å². The number of benzene rings is 1. The Kier molecular flexibility index (Phi) is 8.12. The molecule has 1 aromatic carbocycles. The molecule has 7 heteroatoms. The quantitative estimate of drug-likeness (QED) is 0.383. The molecule has 1 aromatic heterocycles. The van der Waals surface area contributed by atoms with E-state index in [2.05, 4.69) is 17.2 Å². The summed E-state index contributed by atoms with van der Waals surface area (Å²) in [5.74, 6) is 0.796. The molecule has 1 saturated carbocycles. The van der Waals surface area contributed by atoms with E-state index in [0.29, 0.717) is 41.7 Å². The van der Waals surface area contributed by atoms with Crippen molar-refractivity contribution in [3.63, 3.8) is 0 Å². The van der Waals surface area contributed by atoms with Gasteiger partial charge < -0.3 is 10.1 Å². The van der Waals surface area contributed by atoms with Crippen LogP contribution < -0.4 is 10.9 Å². The molecule has 29 heavy (non-hydrogen) atoms. The first-order chi connectivity index (χ1) is 14.1. The first-order valence-corrected chi connectivity index (χ1v) is 11.6. The van der Waals surface area contributed by atoms with E-state index < -0.39 is 0 Å². The second kappa shape index (κ2) is 10.8. The van der Waals surface area contributed by atoms with Crippen LogP contribution in [0.5, 0.6) is 0 Å². The summed E-state index contributed by atoms with van der Waals surface area (Å²) in [6.07, 6.45) is 5.37. The van der Waals surface area contributed by atoms with Gasteiger partial charge in [0.15, 0.2) is 5.16 Å². The lowest BCUT2D eigenvalue weighted by molar-refractivity contribution is -0.119. The van der Waals surface area contributed by atoms with Gasteiger partial charge >= 0.3 is 0 Å². The molecule has 1 N–H and O–H groups in total. The zero-order chi connectivity index (χ0) is 20.6. The third kappa shape index (κ3) is 5.82. The Hall–Kier alpha value is -1.86. The topological polar surface area (TPSA) is 73.2 Å².